The van der Waals surface area contributed by atoms with E-state index in [0.717, 1.165) is 24.3 Å². The van der Waals surface area contributed by atoms with Crippen molar-refractivity contribution in [2.45, 2.75) is 27.3 Å². The van der Waals surface area contributed by atoms with Gasteiger partial charge < -0.3 is 10.2 Å². The smallest absolute Gasteiger partial charge is 0.231 e. The Balaban J connectivity index is 2.13. The van der Waals surface area contributed by atoms with Crippen LogP contribution in [0.25, 0.3) is 0 Å². The summed E-state index contributed by atoms with van der Waals surface area (Å²) in [6, 6.07) is 0. The Kier molecular flexibility index (Phi) is 4.73. The number of hydrogen-bond acceptors (Lipinski definition) is 6. The lowest BCUT2D eigenvalue weighted by molar-refractivity contribution is 0.811. The van der Waals surface area contributed by atoms with Crippen LogP contribution in [0.2, 0.25) is 5.28 Å². The highest BCUT2D eigenvalue weighted by molar-refractivity contribution is 6.28. The highest BCUT2D eigenvalue weighted by atomic mass is 35.5. The first-order chi connectivity index (χ1) is 9.63. The Labute approximate surface area is 122 Å². The van der Waals surface area contributed by atoms with Gasteiger partial charge in [0.15, 0.2) is 0 Å². The van der Waals surface area contributed by atoms with Gasteiger partial charge in [0, 0.05) is 30.9 Å². The highest BCUT2D eigenvalue weighted by Crippen LogP contribution is 2.14. The second-order valence-corrected chi connectivity index (χ2v) is 4.61. The van der Waals surface area contributed by atoms with Crippen LogP contribution >= 0.6 is 11.6 Å². The van der Waals surface area contributed by atoms with Gasteiger partial charge in [-0.25, -0.2) is 0 Å². The van der Waals surface area contributed by atoms with E-state index in [1.54, 1.807) is 6.20 Å². The summed E-state index contributed by atoms with van der Waals surface area (Å²) in [6.45, 7) is 8.27. The normalized spacial score (nSPS) is 10.6. The van der Waals surface area contributed by atoms with Crippen LogP contribution in [0, 0.1) is 6.92 Å². The van der Waals surface area contributed by atoms with Gasteiger partial charge in [-0.15, -0.1) is 0 Å². The molecule has 0 fully saturated rings. The second-order valence-electron chi connectivity index (χ2n) is 4.27. The summed E-state index contributed by atoms with van der Waals surface area (Å²) in [5, 5.41) is 10.2. The fourth-order valence-electron chi connectivity index (χ4n) is 1.79. The molecule has 0 saturated heterocycles. The lowest BCUT2D eigenvalue weighted by Gasteiger charge is -2.18. The van der Waals surface area contributed by atoms with Crippen molar-refractivity contribution in [2.75, 3.05) is 23.3 Å². The summed E-state index contributed by atoms with van der Waals surface area (Å²) in [6.07, 6.45) is 1.77. The molecule has 108 valence electrons. The van der Waals surface area contributed by atoms with Crippen LogP contribution in [0.15, 0.2) is 6.20 Å². The molecule has 0 aliphatic rings. The molecule has 2 heterocycles. The first-order valence-corrected chi connectivity index (χ1v) is 6.91. The van der Waals surface area contributed by atoms with E-state index in [4.69, 9.17) is 11.6 Å². The molecule has 20 heavy (non-hydrogen) atoms. The van der Waals surface area contributed by atoms with E-state index in [1.807, 2.05) is 25.7 Å². The second kappa shape index (κ2) is 6.51. The van der Waals surface area contributed by atoms with Gasteiger partial charge in [0.05, 0.1) is 6.20 Å². The van der Waals surface area contributed by atoms with Crippen LogP contribution in [-0.4, -0.2) is 38.2 Å². The quantitative estimate of drug-likeness (QED) is 0.848. The molecule has 0 aliphatic carbocycles. The fraction of sp³-hybridized carbons (Fsp3) is 0.500. The average molecular weight is 296 g/mol. The molecular weight excluding hydrogens is 278 g/mol. The Hall–Kier alpha value is -1.89. The SMILES string of the molecule is CCN(CC)c1nc(Cl)nc(NCc2cn[nH]c2C)n1. The molecule has 2 aromatic rings. The third-order valence-electron chi connectivity index (χ3n) is 3.01. The van der Waals surface area contributed by atoms with Crippen molar-refractivity contribution in [3.63, 3.8) is 0 Å². The number of anilines is 2. The molecule has 0 aromatic carbocycles. The third kappa shape index (κ3) is 3.36. The Bertz CT molecular complexity index is 565. The number of hydrogen-bond donors (Lipinski definition) is 2. The number of nitrogens with one attached hydrogen (secondary N) is 2. The number of aromatic amines is 1. The van der Waals surface area contributed by atoms with Crippen LogP contribution in [-0.2, 0) is 6.54 Å². The van der Waals surface area contributed by atoms with Crippen molar-refractivity contribution in [1.82, 2.24) is 25.1 Å². The van der Waals surface area contributed by atoms with Crippen molar-refractivity contribution < 1.29 is 0 Å². The highest BCUT2D eigenvalue weighted by Gasteiger charge is 2.10. The Morgan fingerprint density at radius 1 is 1.25 bits per heavy atom. The average Bonchev–Trinajstić information content (AvgIpc) is 2.83. The van der Waals surface area contributed by atoms with Gasteiger partial charge in [0.2, 0.25) is 17.2 Å². The van der Waals surface area contributed by atoms with Crippen molar-refractivity contribution >= 4 is 23.5 Å². The van der Waals surface area contributed by atoms with E-state index >= 15 is 0 Å². The number of H-pyrrole nitrogens is 1. The van der Waals surface area contributed by atoms with Crippen LogP contribution in [0.3, 0.4) is 0 Å². The molecular formula is C12H18ClN7. The predicted octanol–water partition coefficient (Wildman–Crippen LogP) is 2.01. The van der Waals surface area contributed by atoms with E-state index in [1.165, 1.54) is 0 Å². The largest absolute Gasteiger partial charge is 0.350 e. The molecule has 7 nitrogen and oxygen atoms in total. The van der Waals surface area contributed by atoms with Crippen molar-refractivity contribution in [3.8, 4) is 0 Å². The minimum atomic E-state index is 0.188. The van der Waals surface area contributed by atoms with Gasteiger partial charge in [0.1, 0.15) is 0 Å². The molecule has 0 radical (unpaired) electrons. The molecule has 0 atom stereocenters. The maximum absolute atomic E-state index is 5.95. The van der Waals surface area contributed by atoms with E-state index in [0.29, 0.717) is 18.4 Å². The zero-order valence-corrected chi connectivity index (χ0v) is 12.6. The van der Waals surface area contributed by atoms with Crippen molar-refractivity contribution in [2.24, 2.45) is 0 Å². The maximum atomic E-state index is 5.95. The standard InChI is InChI=1S/C12H18ClN7/c1-4-20(5-2)12-17-10(13)16-11(18-12)14-6-9-7-15-19-8(9)3/h7H,4-6H2,1-3H3,(H,15,19)(H,14,16,17,18). The first kappa shape index (κ1) is 14.5. The number of rotatable bonds is 6. The van der Waals surface area contributed by atoms with Gasteiger partial charge in [-0.3, -0.25) is 5.10 Å². The van der Waals surface area contributed by atoms with Gasteiger partial charge in [0.25, 0.3) is 0 Å². The lowest BCUT2D eigenvalue weighted by atomic mass is 10.3. The van der Waals surface area contributed by atoms with Gasteiger partial charge in [-0.1, -0.05) is 0 Å². The van der Waals surface area contributed by atoms with Crippen molar-refractivity contribution in [1.29, 1.82) is 0 Å². The summed E-state index contributed by atoms with van der Waals surface area (Å²) in [5.41, 5.74) is 2.08. The molecule has 8 heteroatoms. The lowest BCUT2D eigenvalue weighted by Crippen LogP contribution is -2.25. The molecule has 0 bridgehead atoms. The fourth-order valence-corrected chi connectivity index (χ4v) is 1.95. The minimum absolute atomic E-state index is 0.188. The number of halogens is 1. The Morgan fingerprint density at radius 3 is 2.60 bits per heavy atom. The van der Waals surface area contributed by atoms with Gasteiger partial charge >= 0.3 is 0 Å². The summed E-state index contributed by atoms with van der Waals surface area (Å²) in [7, 11) is 0. The number of aromatic nitrogens is 5. The summed E-state index contributed by atoms with van der Waals surface area (Å²) in [5.74, 6) is 1.05. The molecule has 0 amide bonds. The molecule has 0 saturated carbocycles. The molecule has 0 spiro atoms. The summed E-state index contributed by atoms with van der Waals surface area (Å²) in [4.78, 5) is 14.6. The van der Waals surface area contributed by atoms with E-state index in [-0.39, 0.29) is 5.28 Å². The zero-order chi connectivity index (χ0) is 14.5. The molecule has 2 N–H and O–H groups in total. The monoisotopic (exact) mass is 295 g/mol. The van der Waals surface area contributed by atoms with Crippen LogP contribution in [0.1, 0.15) is 25.1 Å². The van der Waals surface area contributed by atoms with Gasteiger partial charge in [-0.2, -0.15) is 20.1 Å². The van der Waals surface area contributed by atoms with Crippen LogP contribution in [0.5, 0.6) is 0 Å². The predicted molar refractivity (Wildman–Crippen MR) is 79.0 cm³/mol. The summed E-state index contributed by atoms with van der Waals surface area (Å²) >= 11 is 5.95. The zero-order valence-electron chi connectivity index (χ0n) is 11.8. The summed E-state index contributed by atoms with van der Waals surface area (Å²) < 4.78 is 0. The van der Waals surface area contributed by atoms with E-state index in [2.05, 4.69) is 30.5 Å². The first-order valence-electron chi connectivity index (χ1n) is 6.53. The van der Waals surface area contributed by atoms with Crippen molar-refractivity contribution in [3.05, 3.63) is 22.7 Å². The Morgan fingerprint density at radius 2 is 2.00 bits per heavy atom. The number of nitrogens with zero attached hydrogens (tertiary/aromatic N) is 5. The molecule has 2 aromatic heterocycles. The third-order valence-corrected chi connectivity index (χ3v) is 3.18. The molecule has 0 unspecified atom stereocenters. The maximum Gasteiger partial charge on any atom is 0.231 e. The minimum Gasteiger partial charge on any atom is -0.350 e. The molecule has 2 rings (SSSR count). The molecule has 0 aliphatic heterocycles. The topological polar surface area (TPSA) is 82.6 Å². The van der Waals surface area contributed by atoms with Crippen LogP contribution in [0.4, 0.5) is 11.9 Å². The van der Waals surface area contributed by atoms with Gasteiger partial charge in [-0.05, 0) is 32.4 Å². The van der Waals surface area contributed by atoms with E-state index in [9.17, 15) is 0 Å². The van der Waals surface area contributed by atoms with Crippen LogP contribution < -0.4 is 10.2 Å². The number of aryl methyl sites for hydroxylation is 1. The van der Waals surface area contributed by atoms with E-state index < -0.39 is 0 Å².